The van der Waals surface area contributed by atoms with Crippen LogP contribution in [0.5, 0.6) is 0 Å². The van der Waals surface area contributed by atoms with Gasteiger partial charge in [0.05, 0.1) is 12.2 Å². The molecule has 4 nitrogen and oxygen atoms in total. The van der Waals surface area contributed by atoms with Crippen molar-refractivity contribution in [2.24, 2.45) is 0 Å². The maximum absolute atomic E-state index is 11.0. The van der Waals surface area contributed by atoms with Gasteiger partial charge < -0.3 is 14.6 Å². The fourth-order valence-electron chi connectivity index (χ4n) is 1.11. The van der Waals surface area contributed by atoms with Crippen LogP contribution in [-0.2, 0) is 0 Å². The van der Waals surface area contributed by atoms with Gasteiger partial charge in [-0.3, -0.25) is 4.79 Å². The van der Waals surface area contributed by atoms with Gasteiger partial charge >= 0.3 is 0 Å². The van der Waals surface area contributed by atoms with Crippen molar-refractivity contribution < 1.29 is 19.4 Å². The normalized spacial score (nSPS) is 12.9. The highest BCUT2D eigenvalue weighted by Crippen LogP contribution is 2.20. The van der Waals surface area contributed by atoms with Gasteiger partial charge in [-0.05, 0) is 19.9 Å². The molecule has 1 unspecified atom stereocenters. The second kappa shape index (κ2) is 3.72. The van der Waals surface area contributed by atoms with E-state index >= 15 is 0 Å². The molecule has 0 fully saturated rings. The summed E-state index contributed by atoms with van der Waals surface area (Å²) in [5.41, 5.74) is 0.447. The zero-order chi connectivity index (χ0) is 10.0. The molecule has 4 heteroatoms. The van der Waals surface area contributed by atoms with E-state index in [0.29, 0.717) is 11.3 Å². The second-order valence-electron chi connectivity index (χ2n) is 2.87. The molecular weight excluding hydrogens is 172 g/mol. The Bertz CT molecular complexity index is 313. The third-order valence-corrected chi connectivity index (χ3v) is 1.82. The van der Waals surface area contributed by atoms with E-state index in [4.69, 9.17) is 9.52 Å². The summed E-state index contributed by atoms with van der Waals surface area (Å²) >= 11 is 0. The Kier molecular flexibility index (Phi) is 2.85. The zero-order valence-electron chi connectivity index (χ0n) is 7.57. The second-order valence-corrected chi connectivity index (χ2v) is 2.87. The molecule has 0 spiro atoms. The third-order valence-electron chi connectivity index (χ3n) is 1.82. The zero-order valence-corrected chi connectivity index (χ0v) is 7.57. The summed E-state index contributed by atoms with van der Waals surface area (Å²) in [7, 11) is 0. The average Bonchev–Trinajstić information content (AvgIpc) is 2.46. The standard InChI is InChI=1S/C9H12O4/c1-5(11)7-3-9(8(12)4-10)13-6(7)2/h3,8,10,12H,4H2,1-2H3. The van der Waals surface area contributed by atoms with Crippen molar-refractivity contribution in [1.29, 1.82) is 0 Å². The van der Waals surface area contributed by atoms with Crippen molar-refractivity contribution in [2.75, 3.05) is 6.61 Å². The lowest BCUT2D eigenvalue weighted by atomic mass is 10.1. The highest BCUT2D eigenvalue weighted by atomic mass is 16.4. The summed E-state index contributed by atoms with van der Waals surface area (Å²) in [4.78, 5) is 11.0. The van der Waals surface area contributed by atoms with Crippen LogP contribution in [0.25, 0.3) is 0 Å². The molecule has 0 bridgehead atoms. The molecule has 1 aromatic heterocycles. The van der Waals surface area contributed by atoms with Crippen molar-refractivity contribution in [3.05, 3.63) is 23.2 Å². The Morgan fingerprint density at radius 1 is 1.69 bits per heavy atom. The Balaban J connectivity index is 3.01. The minimum atomic E-state index is -1.05. The van der Waals surface area contributed by atoms with Crippen LogP contribution in [0, 0.1) is 6.92 Å². The van der Waals surface area contributed by atoms with Gasteiger partial charge in [0.25, 0.3) is 0 Å². The maximum atomic E-state index is 11.0. The molecule has 1 atom stereocenters. The molecule has 13 heavy (non-hydrogen) atoms. The molecule has 1 rings (SSSR count). The van der Waals surface area contributed by atoms with Crippen molar-refractivity contribution in [1.82, 2.24) is 0 Å². The lowest BCUT2D eigenvalue weighted by Gasteiger charge is -2.00. The molecule has 0 saturated heterocycles. The van der Waals surface area contributed by atoms with Crippen LogP contribution in [0.15, 0.2) is 10.5 Å². The van der Waals surface area contributed by atoms with Crippen LogP contribution < -0.4 is 0 Å². The van der Waals surface area contributed by atoms with Gasteiger partial charge in [0.1, 0.15) is 17.6 Å². The molecular formula is C9H12O4. The lowest BCUT2D eigenvalue weighted by Crippen LogP contribution is -2.00. The van der Waals surface area contributed by atoms with Crippen LogP contribution in [0.1, 0.15) is 34.9 Å². The minimum absolute atomic E-state index is 0.113. The smallest absolute Gasteiger partial charge is 0.163 e. The molecule has 0 saturated carbocycles. The fourth-order valence-corrected chi connectivity index (χ4v) is 1.11. The Morgan fingerprint density at radius 3 is 2.69 bits per heavy atom. The molecule has 0 aliphatic carbocycles. The number of Topliss-reactive ketones (excluding diaryl/α,β-unsaturated/α-hetero) is 1. The Hall–Kier alpha value is -1.13. The van der Waals surface area contributed by atoms with E-state index in [1.165, 1.54) is 13.0 Å². The van der Waals surface area contributed by atoms with Crippen LogP contribution in [0.3, 0.4) is 0 Å². The van der Waals surface area contributed by atoms with Crippen molar-refractivity contribution >= 4 is 5.78 Å². The topological polar surface area (TPSA) is 70.7 Å². The van der Waals surface area contributed by atoms with E-state index in [1.54, 1.807) is 6.92 Å². The summed E-state index contributed by atoms with van der Waals surface area (Å²) in [6, 6.07) is 1.46. The summed E-state index contributed by atoms with van der Waals surface area (Å²) in [6.07, 6.45) is -1.05. The van der Waals surface area contributed by atoms with Gasteiger partial charge in [-0.25, -0.2) is 0 Å². The van der Waals surface area contributed by atoms with Crippen LogP contribution in [-0.4, -0.2) is 22.6 Å². The maximum Gasteiger partial charge on any atom is 0.163 e. The first-order valence-electron chi connectivity index (χ1n) is 3.96. The number of aryl methyl sites for hydroxylation is 1. The molecule has 2 N–H and O–H groups in total. The van der Waals surface area contributed by atoms with E-state index < -0.39 is 12.7 Å². The van der Waals surface area contributed by atoms with Gasteiger partial charge in [-0.2, -0.15) is 0 Å². The number of carbonyl (C=O) groups excluding carboxylic acids is 1. The first-order chi connectivity index (χ1) is 6.06. The van der Waals surface area contributed by atoms with Gasteiger partial charge in [0.15, 0.2) is 5.78 Å². The van der Waals surface area contributed by atoms with Crippen LogP contribution in [0.4, 0.5) is 0 Å². The highest BCUT2D eigenvalue weighted by Gasteiger charge is 2.16. The molecule has 0 aromatic carbocycles. The number of carbonyl (C=O) groups is 1. The number of hydrogen-bond donors (Lipinski definition) is 2. The monoisotopic (exact) mass is 184 g/mol. The Labute approximate surface area is 75.8 Å². The van der Waals surface area contributed by atoms with E-state index in [-0.39, 0.29) is 11.5 Å². The molecule has 72 valence electrons. The molecule has 0 aliphatic rings. The molecule has 0 aliphatic heterocycles. The summed E-state index contributed by atoms with van der Waals surface area (Å²) in [6.45, 7) is 2.65. The van der Waals surface area contributed by atoms with E-state index in [1.807, 2.05) is 0 Å². The van der Waals surface area contributed by atoms with Crippen molar-refractivity contribution in [2.45, 2.75) is 20.0 Å². The lowest BCUT2D eigenvalue weighted by molar-refractivity contribution is 0.0769. The van der Waals surface area contributed by atoms with Gasteiger partial charge in [0, 0.05) is 0 Å². The van der Waals surface area contributed by atoms with Crippen molar-refractivity contribution in [3.8, 4) is 0 Å². The summed E-state index contributed by atoms with van der Waals surface area (Å²) in [5, 5.41) is 17.8. The highest BCUT2D eigenvalue weighted by molar-refractivity contribution is 5.95. The minimum Gasteiger partial charge on any atom is -0.463 e. The molecule has 0 amide bonds. The fraction of sp³-hybridized carbons (Fsp3) is 0.444. The quantitative estimate of drug-likeness (QED) is 0.682. The van der Waals surface area contributed by atoms with E-state index in [0.717, 1.165) is 0 Å². The largest absolute Gasteiger partial charge is 0.463 e. The average molecular weight is 184 g/mol. The number of hydrogen-bond acceptors (Lipinski definition) is 4. The van der Waals surface area contributed by atoms with Gasteiger partial charge in [-0.15, -0.1) is 0 Å². The number of rotatable bonds is 3. The predicted octanol–water partition coefficient (Wildman–Crippen LogP) is 0.816. The van der Waals surface area contributed by atoms with Gasteiger partial charge in [-0.1, -0.05) is 0 Å². The van der Waals surface area contributed by atoms with Crippen LogP contribution in [0.2, 0.25) is 0 Å². The first-order valence-corrected chi connectivity index (χ1v) is 3.96. The summed E-state index contributed by atoms with van der Waals surface area (Å²) in [5.74, 6) is 0.581. The SMILES string of the molecule is CC(=O)c1cc(C(O)CO)oc1C. The van der Waals surface area contributed by atoms with E-state index in [9.17, 15) is 9.90 Å². The van der Waals surface area contributed by atoms with Gasteiger partial charge in [0.2, 0.25) is 0 Å². The third kappa shape index (κ3) is 1.96. The molecule has 0 radical (unpaired) electrons. The predicted molar refractivity (Wildman–Crippen MR) is 45.5 cm³/mol. The molecule has 1 heterocycles. The summed E-state index contributed by atoms with van der Waals surface area (Å²) < 4.78 is 5.10. The molecule has 1 aromatic rings. The van der Waals surface area contributed by atoms with E-state index in [2.05, 4.69) is 0 Å². The first kappa shape index (κ1) is 9.95. The van der Waals surface area contributed by atoms with Crippen LogP contribution >= 0.6 is 0 Å². The number of aliphatic hydroxyl groups excluding tert-OH is 2. The Morgan fingerprint density at radius 2 is 2.31 bits per heavy atom. The number of ketones is 1. The number of aliphatic hydroxyl groups is 2. The number of furan rings is 1. The van der Waals surface area contributed by atoms with Crippen molar-refractivity contribution in [3.63, 3.8) is 0 Å².